The lowest BCUT2D eigenvalue weighted by Gasteiger charge is -2.26. The van der Waals surface area contributed by atoms with Gasteiger partial charge in [-0.15, -0.1) is 0 Å². The van der Waals surface area contributed by atoms with Gasteiger partial charge in [-0.1, -0.05) is 32.5 Å². The zero-order chi connectivity index (χ0) is 22.1. The fourth-order valence-electron chi connectivity index (χ4n) is 3.15. The Morgan fingerprint density at radius 3 is 2.30 bits per heavy atom. The maximum absolute atomic E-state index is 12.9. The predicted molar refractivity (Wildman–Crippen MR) is 116 cm³/mol. The molecule has 1 unspecified atom stereocenters. The van der Waals surface area contributed by atoms with E-state index in [1.165, 1.54) is 33.1 Å². The zero-order valence-corrected chi connectivity index (χ0v) is 18.9. The number of nitrogens with one attached hydrogen (secondary N) is 1. The van der Waals surface area contributed by atoms with Crippen LogP contribution in [0.3, 0.4) is 0 Å². The fourth-order valence-corrected chi connectivity index (χ4v) is 4.24. The molecule has 30 heavy (non-hydrogen) atoms. The molecular weight excluding hydrogens is 406 g/mol. The molecule has 1 amide bonds. The van der Waals surface area contributed by atoms with Crippen LogP contribution in [0.5, 0.6) is 17.2 Å². The van der Waals surface area contributed by atoms with E-state index in [2.05, 4.69) is 10.3 Å². The first-order chi connectivity index (χ1) is 14.2. The zero-order valence-electron chi connectivity index (χ0n) is 18.1. The molecule has 162 valence electrons. The van der Waals surface area contributed by atoms with Crippen LogP contribution in [0.4, 0.5) is 5.69 Å². The molecule has 0 saturated carbocycles. The molecule has 1 aromatic carbocycles. The molecule has 0 radical (unpaired) electrons. The van der Waals surface area contributed by atoms with Crippen LogP contribution >= 0.6 is 11.8 Å². The normalized spacial score (nSPS) is 15.9. The summed E-state index contributed by atoms with van der Waals surface area (Å²) in [4.78, 5) is 30.2. The largest absolute Gasteiger partial charge is 0.493 e. The number of hydrogen-bond acceptors (Lipinski definition) is 7. The lowest BCUT2D eigenvalue weighted by molar-refractivity contribution is -0.119. The molecule has 0 bridgehead atoms. The molecule has 1 aromatic heterocycles. The van der Waals surface area contributed by atoms with Crippen molar-refractivity contribution < 1.29 is 19.0 Å². The summed E-state index contributed by atoms with van der Waals surface area (Å²) in [5, 5.41) is 3.55. The van der Waals surface area contributed by atoms with E-state index >= 15 is 0 Å². The van der Waals surface area contributed by atoms with Gasteiger partial charge in [0.05, 0.1) is 32.9 Å². The van der Waals surface area contributed by atoms with Gasteiger partial charge in [-0.3, -0.25) is 14.2 Å². The second kappa shape index (κ2) is 8.59. The van der Waals surface area contributed by atoms with Gasteiger partial charge in [0.2, 0.25) is 11.7 Å². The number of carbonyl (C=O) groups is 1. The smallest absolute Gasteiger partial charge is 0.254 e. The van der Waals surface area contributed by atoms with Gasteiger partial charge in [0.15, 0.2) is 16.7 Å². The maximum atomic E-state index is 12.9. The van der Waals surface area contributed by atoms with E-state index in [0.717, 1.165) is 5.69 Å². The van der Waals surface area contributed by atoms with Crippen LogP contribution in [-0.2, 0) is 16.8 Å². The van der Waals surface area contributed by atoms with Crippen LogP contribution in [0.15, 0.2) is 28.2 Å². The van der Waals surface area contributed by atoms with Crippen molar-refractivity contribution in [2.75, 3.05) is 32.4 Å². The number of fused-ring (bicyclic) bond motifs is 1. The van der Waals surface area contributed by atoms with Gasteiger partial charge in [-0.05, 0) is 0 Å². The van der Waals surface area contributed by atoms with Crippen LogP contribution in [0, 0.1) is 5.92 Å². The topological polar surface area (TPSA) is 91.7 Å². The second-order valence-electron chi connectivity index (χ2n) is 8.03. The van der Waals surface area contributed by atoms with Crippen molar-refractivity contribution in [3.63, 3.8) is 0 Å². The number of rotatable bonds is 5. The lowest BCUT2D eigenvalue weighted by atomic mass is 9.92. The summed E-state index contributed by atoms with van der Waals surface area (Å²) in [7, 11) is 4.55. The molecule has 2 aromatic rings. The molecule has 0 spiro atoms. The van der Waals surface area contributed by atoms with E-state index in [4.69, 9.17) is 14.2 Å². The van der Waals surface area contributed by atoms with Gasteiger partial charge in [-0.2, -0.15) is 0 Å². The monoisotopic (exact) mass is 433 g/mol. The van der Waals surface area contributed by atoms with E-state index in [9.17, 15) is 9.59 Å². The van der Waals surface area contributed by atoms with E-state index < -0.39 is 0 Å². The van der Waals surface area contributed by atoms with Gasteiger partial charge in [0.25, 0.3) is 5.56 Å². The SMILES string of the molecule is COc1cc(NC(=O)C2CSc3nc(C(C)(C)C)cc(=O)n3C2)cc(OC)c1OC. The molecule has 0 saturated heterocycles. The fraction of sp³-hybridized carbons (Fsp3) is 0.476. The lowest BCUT2D eigenvalue weighted by Crippen LogP contribution is -2.37. The van der Waals surface area contributed by atoms with Crippen molar-refractivity contribution in [2.24, 2.45) is 5.92 Å². The second-order valence-corrected chi connectivity index (χ2v) is 9.02. The van der Waals surface area contributed by atoms with Gasteiger partial charge in [0, 0.05) is 41.6 Å². The third-order valence-corrected chi connectivity index (χ3v) is 6.00. The maximum Gasteiger partial charge on any atom is 0.254 e. The van der Waals surface area contributed by atoms with E-state index in [1.54, 1.807) is 22.8 Å². The van der Waals surface area contributed by atoms with E-state index in [0.29, 0.717) is 33.8 Å². The standard InChI is InChI=1S/C21H27N3O5S/c1-21(2,3)16-9-17(25)24-10-12(11-30-20(24)23-16)19(26)22-13-7-14(27-4)18(29-6)15(8-13)28-5/h7-9,12H,10-11H2,1-6H3,(H,22,26). The van der Waals surface area contributed by atoms with Crippen LogP contribution in [0.25, 0.3) is 0 Å². The summed E-state index contributed by atoms with van der Waals surface area (Å²) >= 11 is 1.42. The Balaban J connectivity index is 1.81. The minimum atomic E-state index is -0.374. The van der Waals surface area contributed by atoms with Gasteiger partial charge in [0.1, 0.15) is 0 Å². The molecule has 8 nitrogen and oxygen atoms in total. The predicted octanol–water partition coefficient (Wildman–Crippen LogP) is 2.93. The average molecular weight is 434 g/mol. The highest BCUT2D eigenvalue weighted by Gasteiger charge is 2.29. The quantitative estimate of drug-likeness (QED) is 0.725. The molecule has 0 aliphatic carbocycles. The Morgan fingerprint density at radius 2 is 1.77 bits per heavy atom. The minimum absolute atomic E-state index is 0.136. The van der Waals surface area contributed by atoms with Crippen molar-refractivity contribution in [3.8, 4) is 17.2 Å². The third kappa shape index (κ3) is 4.40. The Bertz CT molecular complexity index is 988. The number of nitrogens with zero attached hydrogens (tertiary/aromatic N) is 2. The molecule has 1 aliphatic rings. The number of ether oxygens (including phenoxy) is 3. The number of hydrogen-bond donors (Lipinski definition) is 1. The molecule has 1 aliphatic heterocycles. The molecule has 9 heteroatoms. The highest BCUT2D eigenvalue weighted by Crippen LogP contribution is 2.40. The van der Waals surface area contributed by atoms with Gasteiger partial charge in [-0.25, -0.2) is 4.98 Å². The Labute approximate surface area is 179 Å². The Hall–Kier alpha value is -2.68. The van der Waals surface area contributed by atoms with E-state index in [1.807, 2.05) is 20.8 Å². The van der Waals surface area contributed by atoms with Crippen molar-refractivity contribution in [1.29, 1.82) is 0 Å². The van der Waals surface area contributed by atoms with Gasteiger partial charge >= 0.3 is 0 Å². The molecule has 0 fully saturated rings. The number of benzene rings is 1. The van der Waals surface area contributed by atoms with Crippen molar-refractivity contribution in [2.45, 2.75) is 37.9 Å². The van der Waals surface area contributed by atoms with Crippen LogP contribution in [0.2, 0.25) is 0 Å². The van der Waals surface area contributed by atoms with Crippen LogP contribution in [-0.4, -0.2) is 42.5 Å². The van der Waals surface area contributed by atoms with Crippen LogP contribution < -0.4 is 25.1 Å². The number of aromatic nitrogens is 2. The van der Waals surface area contributed by atoms with Gasteiger partial charge < -0.3 is 19.5 Å². The molecule has 1 N–H and O–H groups in total. The first-order valence-corrected chi connectivity index (χ1v) is 10.5. The molecule has 3 rings (SSSR count). The van der Waals surface area contributed by atoms with Crippen molar-refractivity contribution in [3.05, 3.63) is 34.2 Å². The van der Waals surface area contributed by atoms with Crippen molar-refractivity contribution in [1.82, 2.24) is 9.55 Å². The average Bonchev–Trinajstić information content (AvgIpc) is 2.71. The summed E-state index contributed by atoms with van der Waals surface area (Å²) in [5.74, 6) is 1.33. The van der Waals surface area contributed by atoms with Crippen LogP contribution in [0.1, 0.15) is 26.5 Å². The minimum Gasteiger partial charge on any atom is -0.493 e. The number of thioether (sulfide) groups is 1. The highest BCUT2D eigenvalue weighted by molar-refractivity contribution is 7.99. The number of amides is 1. The molecule has 1 atom stereocenters. The summed E-state index contributed by atoms with van der Waals surface area (Å²) in [6.45, 7) is 6.35. The first-order valence-electron chi connectivity index (χ1n) is 9.54. The van der Waals surface area contributed by atoms with E-state index in [-0.39, 0.29) is 29.3 Å². The molecule has 2 heterocycles. The summed E-state index contributed by atoms with van der Waals surface area (Å²) in [5.41, 5.74) is 0.934. The summed E-state index contributed by atoms with van der Waals surface area (Å²) < 4.78 is 17.5. The number of methoxy groups -OCH3 is 3. The third-order valence-electron chi connectivity index (χ3n) is 4.86. The number of anilines is 1. The Morgan fingerprint density at radius 1 is 1.13 bits per heavy atom. The molecular formula is C21H27N3O5S. The van der Waals surface area contributed by atoms with Crippen molar-refractivity contribution >= 4 is 23.4 Å². The number of carbonyl (C=O) groups excluding carboxylic acids is 1. The first kappa shape index (κ1) is 22.0. The summed E-state index contributed by atoms with van der Waals surface area (Å²) in [6.07, 6.45) is 0. The summed E-state index contributed by atoms with van der Waals surface area (Å²) in [6, 6.07) is 4.91. The highest BCUT2D eigenvalue weighted by atomic mass is 32.2. The Kier molecular flexibility index (Phi) is 6.30.